The summed E-state index contributed by atoms with van der Waals surface area (Å²) in [6, 6.07) is 5.89. The van der Waals surface area contributed by atoms with E-state index >= 15 is 0 Å². The summed E-state index contributed by atoms with van der Waals surface area (Å²) in [7, 11) is 1.55. The predicted molar refractivity (Wildman–Crippen MR) is 67.7 cm³/mol. The van der Waals surface area contributed by atoms with Crippen LogP contribution in [0.2, 0.25) is 0 Å². The molecule has 1 aromatic carbocycles. The van der Waals surface area contributed by atoms with Crippen molar-refractivity contribution in [2.75, 3.05) is 13.7 Å². The van der Waals surface area contributed by atoms with Gasteiger partial charge in [-0.05, 0) is 30.0 Å². The number of benzene rings is 1. The molecule has 0 spiro atoms. The lowest BCUT2D eigenvalue weighted by molar-refractivity contribution is -0.534. The Bertz CT molecular complexity index is 447. The third-order valence-electron chi connectivity index (χ3n) is 3.79. The van der Waals surface area contributed by atoms with E-state index in [1.807, 2.05) is 0 Å². The molecule has 6 heteroatoms. The molecule has 6 nitrogen and oxygen atoms in total. The van der Waals surface area contributed by atoms with Crippen molar-refractivity contribution in [2.45, 2.75) is 24.5 Å². The Labute approximate surface area is 110 Å². The van der Waals surface area contributed by atoms with E-state index in [1.165, 1.54) is 0 Å². The van der Waals surface area contributed by atoms with Gasteiger partial charge in [-0.25, -0.2) is 0 Å². The van der Waals surface area contributed by atoms with Crippen LogP contribution in [0.15, 0.2) is 24.3 Å². The summed E-state index contributed by atoms with van der Waals surface area (Å²) in [5, 5.41) is 30.3. The third kappa shape index (κ3) is 2.54. The second-order valence-corrected chi connectivity index (χ2v) is 4.82. The Hall–Kier alpha value is -1.66. The van der Waals surface area contributed by atoms with E-state index in [1.54, 1.807) is 31.4 Å². The molecule has 1 aromatic rings. The van der Waals surface area contributed by atoms with E-state index in [-0.39, 0.29) is 18.9 Å². The lowest BCUT2D eigenvalue weighted by Gasteiger charge is -2.19. The van der Waals surface area contributed by atoms with Crippen molar-refractivity contribution in [1.29, 1.82) is 0 Å². The Morgan fingerprint density at radius 2 is 2.05 bits per heavy atom. The first-order chi connectivity index (χ1) is 9.08. The number of rotatable bonds is 4. The van der Waals surface area contributed by atoms with Crippen LogP contribution < -0.4 is 4.74 Å². The van der Waals surface area contributed by atoms with Crippen molar-refractivity contribution >= 4 is 0 Å². The third-order valence-corrected chi connectivity index (χ3v) is 3.79. The number of aliphatic hydroxyl groups excluding tert-OH is 2. The van der Waals surface area contributed by atoms with Gasteiger partial charge in [-0.1, -0.05) is 12.1 Å². The SMILES string of the molecule is COc1ccc([C@H]2C([N+](=O)[O-])C(O)C[C@H]2CO)cc1. The van der Waals surface area contributed by atoms with Crippen molar-refractivity contribution in [2.24, 2.45) is 5.92 Å². The van der Waals surface area contributed by atoms with Crippen LogP contribution in [0.5, 0.6) is 5.75 Å². The molecule has 0 amide bonds. The second-order valence-electron chi connectivity index (χ2n) is 4.82. The number of ether oxygens (including phenoxy) is 1. The van der Waals surface area contributed by atoms with Gasteiger partial charge in [-0.15, -0.1) is 0 Å². The highest BCUT2D eigenvalue weighted by atomic mass is 16.6. The van der Waals surface area contributed by atoms with Gasteiger partial charge in [0.15, 0.2) is 0 Å². The van der Waals surface area contributed by atoms with Crippen LogP contribution in [0.4, 0.5) is 0 Å². The first-order valence-electron chi connectivity index (χ1n) is 6.14. The van der Waals surface area contributed by atoms with Crippen molar-refractivity contribution in [3.63, 3.8) is 0 Å². The number of hydrogen-bond acceptors (Lipinski definition) is 5. The number of nitrogens with zero attached hydrogens (tertiary/aromatic N) is 1. The van der Waals surface area contributed by atoms with E-state index < -0.39 is 23.0 Å². The van der Waals surface area contributed by atoms with Crippen LogP contribution in [0.25, 0.3) is 0 Å². The Kier molecular flexibility index (Phi) is 4.01. The number of aliphatic hydroxyl groups is 2. The maximum absolute atomic E-state index is 11.1. The molecule has 0 radical (unpaired) electrons. The standard InChI is InChI=1S/C13H17NO5/c1-19-10-4-2-8(3-5-10)12-9(7-15)6-11(16)13(12)14(17)18/h2-5,9,11-13,15-16H,6-7H2,1H3/t9-,11?,12+,13?/m0/s1. The number of methoxy groups -OCH3 is 1. The van der Waals surface area contributed by atoms with E-state index in [0.717, 1.165) is 5.56 Å². The summed E-state index contributed by atoms with van der Waals surface area (Å²) in [6.45, 7) is -0.169. The van der Waals surface area contributed by atoms with Gasteiger partial charge in [-0.3, -0.25) is 10.1 Å². The van der Waals surface area contributed by atoms with Crippen LogP contribution in [0.3, 0.4) is 0 Å². The minimum atomic E-state index is -1.06. The molecule has 0 aromatic heterocycles. The van der Waals surface area contributed by atoms with Gasteiger partial charge >= 0.3 is 0 Å². The second kappa shape index (κ2) is 5.54. The predicted octanol–water partition coefficient (Wildman–Crippen LogP) is 0.797. The van der Waals surface area contributed by atoms with Crippen molar-refractivity contribution < 1.29 is 19.9 Å². The van der Waals surface area contributed by atoms with E-state index in [4.69, 9.17) is 4.74 Å². The zero-order chi connectivity index (χ0) is 14.0. The van der Waals surface area contributed by atoms with Gasteiger partial charge in [-0.2, -0.15) is 0 Å². The minimum Gasteiger partial charge on any atom is -0.497 e. The molecule has 0 bridgehead atoms. The van der Waals surface area contributed by atoms with Crippen LogP contribution in [0.1, 0.15) is 17.9 Å². The molecule has 2 N–H and O–H groups in total. The molecule has 104 valence electrons. The summed E-state index contributed by atoms with van der Waals surface area (Å²) in [5.41, 5.74) is 0.748. The fourth-order valence-corrected chi connectivity index (χ4v) is 2.87. The highest BCUT2D eigenvalue weighted by molar-refractivity contribution is 5.31. The monoisotopic (exact) mass is 267 g/mol. The molecule has 19 heavy (non-hydrogen) atoms. The van der Waals surface area contributed by atoms with E-state index in [9.17, 15) is 20.3 Å². The summed E-state index contributed by atoms with van der Waals surface area (Å²) < 4.78 is 5.05. The first-order valence-corrected chi connectivity index (χ1v) is 6.14. The number of nitro groups is 1. The fourth-order valence-electron chi connectivity index (χ4n) is 2.87. The lowest BCUT2D eigenvalue weighted by atomic mass is 9.87. The van der Waals surface area contributed by atoms with Gasteiger partial charge in [0, 0.05) is 11.5 Å². The quantitative estimate of drug-likeness (QED) is 0.621. The molecule has 0 heterocycles. The number of hydrogen-bond donors (Lipinski definition) is 2. The summed E-state index contributed by atoms with van der Waals surface area (Å²) in [6.07, 6.45) is -0.766. The molecule has 1 saturated carbocycles. The average molecular weight is 267 g/mol. The van der Waals surface area contributed by atoms with Gasteiger partial charge in [0.05, 0.1) is 13.0 Å². The highest BCUT2D eigenvalue weighted by Crippen LogP contribution is 2.41. The van der Waals surface area contributed by atoms with Gasteiger partial charge in [0.2, 0.25) is 6.04 Å². The maximum Gasteiger partial charge on any atom is 0.245 e. The molecular formula is C13H17NO5. The molecule has 0 saturated heterocycles. The van der Waals surface area contributed by atoms with Gasteiger partial charge in [0.1, 0.15) is 11.9 Å². The summed E-state index contributed by atoms with van der Waals surface area (Å²) in [5.74, 6) is -0.0970. The highest BCUT2D eigenvalue weighted by Gasteiger charge is 2.50. The molecule has 2 rings (SSSR count). The molecule has 2 unspecified atom stereocenters. The topological polar surface area (TPSA) is 92.8 Å². The van der Waals surface area contributed by atoms with Crippen molar-refractivity contribution in [3.05, 3.63) is 39.9 Å². The summed E-state index contributed by atoms with van der Waals surface area (Å²) >= 11 is 0. The van der Waals surface area contributed by atoms with E-state index in [2.05, 4.69) is 0 Å². The zero-order valence-electron chi connectivity index (χ0n) is 10.6. The van der Waals surface area contributed by atoms with Crippen LogP contribution in [-0.4, -0.2) is 41.0 Å². The minimum absolute atomic E-state index is 0.169. The van der Waals surface area contributed by atoms with Crippen LogP contribution in [-0.2, 0) is 0 Å². The Morgan fingerprint density at radius 1 is 1.42 bits per heavy atom. The molecule has 0 aliphatic heterocycles. The van der Waals surface area contributed by atoms with Crippen molar-refractivity contribution in [1.82, 2.24) is 0 Å². The van der Waals surface area contributed by atoms with E-state index in [0.29, 0.717) is 5.75 Å². The Morgan fingerprint density at radius 3 is 2.53 bits per heavy atom. The zero-order valence-corrected chi connectivity index (χ0v) is 10.6. The normalized spacial score (nSPS) is 30.3. The maximum atomic E-state index is 11.1. The molecule has 1 aliphatic carbocycles. The average Bonchev–Trinajstić information content (AvgIpc) is 2.75. The molecule has 4 atom stereocenters. The first kappa shape index (κ1) is 13.8. The largest absolute Gasteiger partial charge is 0.497 e. The Balaban J connectivity index is 2.33. The molecule has 1 aliphatic rings. The van der Waals surface area contributed by atoms with Crippen LogP contribution >= 0.6 is 0 Å². The summed E-state index contributed by atoms with van der Waals surface area (Å²) in [4.78, 5) is 10.7. The smallest absolute Gasteiger partial charge is 0.245 e. The lowest BCUT2D eigenvalue weighted by Crippen LogP contribution is -2.33. The molecular weight excluding hydrogens is 250 g/mol. The molecule has 1 fully saturated rings. The van der Waals surface area contributed by atoms with Gasteiger partial charge in [0.25, 0.3) is 0 Å². The van der Waals surface area contributed by atoms with Crippen molar-refractivity contribution in [3.8, 4) is 5.75 Å². The van der Waals surface area contributed by atoms with Gasteiger partial charge < -0.3 is 14.9 Å². The van der Waals surface area contributed by atoms with Crippen LogP contribution in [0, 0.1) is 16.0 Å². The fraction of sp³-hybridized carbons (Fsp3) is 0.538.